The predicted octanol–water partition coefficient (Wildman–Crippen LogP) is 6.97. The average Bonchev–Trinajstić information content (AvgIpc) is 3.24. The number of halogens is 2. The lowest BCUT2D eigenvalue weighted by Gasteiger charge is -2.36. The number of carbonyl (C=O) groups excluding carboxylic acids is 3. The van der Waals surface area contributed by atoms with Crippen molar-refractivity contribution >= 4 is 40.7 Å². The Morgan fingerprint density at radius 1 is 1.05 bits per heavy atom. The number of fused-ring (bicyclic) bond motifs is 1. The van der Waals surface area contributed by atoms with Crippen LogP contribution in [0.15, 0.2) is 24.4 Å². The van der Waals surface area contributed by atoms with E-state index >= 15 is 0 Å². The van der Waals surface area contributed by atoms with E-state index in [1.54, 1.807) is 36.2 Å². The summed E-state index contributed by atoms with van der Waals surface area (Å²) in [6.45, 7) is 10.2. The second-order valence-corrected chi connectivity index (χ2v) is 13.4. The summed E-state index contributed by atoms with van der Waals surface area (Å²) in [5.41, 5.74) is 1.63. The van der Waals surface area contributed by atoms with Crippen LogP contribution in [0.2, 0.25) is 10.0 Å². The van der Waals surface area contributed by atoms with Crippen molar-refractivity contribution in [2.45, 2.75) is 85.2 Å². The van der Waals surface area contributed by atoms with E-state index in [1.807, 2.05) is 18.5 Å². The first-order chi connectivity index (χ1) is 17.8. The lowest BCUT2D eigenvalue weighted by Crippen LogP contribution is -2.43. The highest BCUT2D eigenvalue weighted by atomic mass is 35.5. The van der Waals surface area contributed by atoms with Gasteiger partial charge < -0.3 is 4.90 Å². The molecule has 8 heteroatoms. The van der Waals surface area contributed by atoms with Gasteiger partial charge in [0.05, 0.1) is 40.0 Å². The van der Waals surface area contributed by atoms with Gasteiger partial charge in [-0.25, -0.2) is 0 Å². The van der Waals surface area contributed by atoms with Gasteiger partial charge in [-0.15, -0.1) is 0 Å². The lowest BCUT2D eigenvalue weighted by atomic mass is 9.71. The first-order valence-electron chi connectivity index (χ1n) is 13.7. The van der Waals surface area contributed by atoms with Crippen LogP contribution in [0.1, 0.15) is 98.7 Å². The quantitative estimate of drug-likeness (QED) is 0.344. The molecule has 38 heavy (non-hydrogen) atoms. The summed E-state index contributed by atoms with van der Waals surface area (Å²) >= 11 is 12.7. The maximum Gasteiger partial charge on any atom is 0.257 e. The molecule has 5 rings (SSSR count). The zero-order chi connectivity index (χ0) is 27.6. The third kappa shape index (κ3) is 4.62. The molecule has 0 N–H and O–H groups in total. The highest BCUT2D eigenvalue weighted by Crippen LogP contribution is 2.67. The number of Topliss-reactive ketones (excluding diaryl/α,β-unsaturated/α-hetero) is 2. The highest BCUT2D eigenvalue weighted by Gasteiger charge is 2.63. The second kappa shape index (κ2) is 9.78. The Labute approximate surface area is 235 Å². The Kier molecular flexibility index (Phi) is 7.05. The first-order valence-corrected chi connectivity index (χ1v) is 14.4. The molecule has 204 valence electrons. The van der Waals surface area contributed by atoms with Gasteiger partial charge in [-0.3, -0.25) is 19.1 Å². The molecule has 3 saturated carbocycles. The summed E-state index contributed by atoms with van der Waals surface area (Å²) in [5, 5.41) is 5.22. The maximum atomic E-state index is 14.1. The van der Waals surface area contributed by atoms with Gasteiger partial charge in [-0.2, -0.15) is 5.10 Å². The van der Waals surface area contributed by atoms with Crippen molar-refractivity contribution in [1.29, 1.82) is 0 Å². The molecule has 1 aromatic carbocycles. The lowest BCUT2D eigenvalue weighted by molar-refractivity contribution is -0.127. The van der Waals surface area contributed by atoms with Gasteiger partial charge in [0, 0.05) is 17.2 Å². The molecule has 1 aromatic heterocycles. The standard InChI is InChI=1S/C30H37Cl2N3O3/c1-17-21(15-33-35(17)19-9-11-30(5,12-10-19)18(2)36)28(38)34(20-13-22-23(14-20)29(22,3)4)16-26(37)27-24(31)7-6-8-25(27)32/h6-8,15,19-20,22-23H,9-14,16H2,1-5H3/t19?,20?,22-,23+,30?. The molecule has 3 aliphatic carbocycles. The van der Waals surface area contributed by atoms with E-state index in [9.17, 15) is 14.4 Å². The molecule has 3 atom stereocenters. The van der Waals surface area contributed by atoms with E-state index in [1.165, 1.54) is 0 Å². The van der Waals surface area contributed by atoms with Crippen molar-refractivity contribution in [3.8, 4) is 0 Å². The Balaban J connectivity index is 1.39. The number of ketones is 2. The molecule has 1 amide bonds. The minimum absolute atomic E-state index is 0.00977. The molecule has 6 nitrogen and oxygen atoms in total. The first kappa shape index (κ1) is 27.4. The Morgan fingerprint density at radius 2 is 1.63 bits per heavy atom. The zero-order valence-corrected chi connectivity index (χ0v) is 24.4. The smallest absolute Gasteiger partial charge is 0.257 e. The third-order valence-electron chi connectivity index (χ3n) is 10.1. The normalized spacial score (nSPS) is 29.6. The summed E-state index contributed by atoms with van der Waals surface area (Å²) in [4.78, 5) is 41.4. The van der Waals surface area contributed by atoms with Gasteiger partial charge in [-0.05, 0) is 81.8 Å². The minimum Gasteiger partial charge on any atom is -0.328 e. The summed E-state index contributed by atoms with van der Waals surface area (Å²) in [6, 6.07) is 5.15. The molecule has 3 aliphatic rings. The van der Waals surface area contributed by atoms with Crippen LogP contribution in [0.3, 0.4) is 0 Å². The minimum atomic E-state index is -0.273. The van der Waals surface area contributed by atoms with Crippen molar-refractivity contribution < 1.29 is 14.4 Å². The molecule has 2 aromatic rings. The summed E-state index contributed by atoms with van der Waals surface area (Å²) in [7, 11) is 0. The summed E-state index contributed by atoms with van der Waals surface area (Å²) < 4.78 is 1.95. The average molecular weight is 559 g/mol. The molecule has 0 spiro atoms. The largest absolute Gasteiger partial charge is 0.328 e. The van der Waals surface area contributed by atoms with Gasteiger partial charge >= 0.3 is 0 Å². The fraction of sp³-hybridized carbons (Fsp3) is 0.600. The second-order valence-electron chi connectivity index (χ2n) is 12.5. The van der Waals surface area contributed by atoms with Gasteiger partial charge in [0.25, 0.3) is 5.91 Å². The van der Waals surface area contributed by atoms with E-state index in [2.05, 4.69) is 18.9 Å². The number of nitrogens with zero attached hydrogens (tertiary/aromatic N) is 3. The molecule has 0 saturated heterocycles. The van der Waals surface area contributed by atoms with Gasteiger partial charge in [0.15, 0.2) is 5.78 Å². The molecule has 0 bridgehead atoms. The molecular weight excluding hydrogens is 521 g/mol. The fourth-order valence-corrected chi connectivity index (χ4v) is 7.70. The zero-order valence-electron chi connectivity index (χ0n) is 22.9. The van der Waals surface area contributed by atoms with Crippen LogP contribution in [0.4, 0.5) is 0 Å². The number of hydrogen-bond donors (Lipinski definition) is 0. The van der Waals surface area contributed by atoms with Crippen LogP contribution < -0.4 is 0 Å². The van der Waals surface area contributed by atoms with Crippen LogP contribution >= 0.6 is 23.2 Å². The highest BCUT2D eigenvalue weighted by molar-refractivity contribution is 6.40. The maximum absolute atomic E-state index is 14.1. The Morgan fingerprint density at radius 3 is 2.18 bits per heavy atom. The van der Waals surface area contributed by atoms with Crippen LogP contribution in [-0.4, -0.2) is 44.7 Å². The van der Waals surface area contributed by atoms with Crippen molar-refractivity contribution in [1.82, 2.24) is 14.7 Å². The predicted molar refractivity (Wildman–Crippen MR) is 149 cm³/mol. The number of hydrogen-bond acceptors (Lipinski definition) is 4. The number of carbonyl (C=O) groups is 3. The number of amides is 1. The topological polar surface area (TPSA) is 72.3 Å². The summed E-state index contributed by atoms with van der Waals surface area (Å²) in [6.07, 6.45) is 6.76. The van der Waals surface area contributed by atoms with Crippen molar-refractivity contribution in [2.24, 2.45) is 22.7 Å². The molecule has 1 heterocycles. The fourth-order valence-electron chi connectivity index (χ4n) is 7.09. The van der Waals surface area contributed by atoms with Gasteiger partial charge in [0.2, 0.25) is 0 Å². The van der Waals surface area contributed by atoms with Gasteiger partial charge in [-0.1, -0.05) is 50.0 Å². The molecule has 1 unspecified atom stereocenters. The van der Waals surface area contributed by atoms with Crippen LogP contribution in [0.25, 0.3) is 0 Å². The van der Waals surface area contributed by atoms with E-state index in [-0.39, 0.29) is 47.1 Å². The van der Waals surface area contributed by atoms with Crippen LogP contribution in [0.5, 0.6) is 0 Å². The van der Waals surface area contributed by atoms with Crippen molar-refractivity contribution in [2.75, 3.05) is 6.54 Å². The van der Waals surface area contributed by atoms with E-state index in [0.29, 0.717) is 32.9 Å². The van der Waals surface area contributed by atoms with Crippen molar-refractivity contribution in [3.63, 3.8) is 0 Å². The van der Waals surface area contributed by atoms with Crippen molar-refractivity contribution in [3.05, 3.63) is 51.3 Å². The molecule has 0 aliphatic heterocycles. The van der Waals surface area contributed by atoms with Gasteiger partial charge in [0.1, 0.15) is 5.78 Å². The molecular formula is C30H37Cl2N3O3. The van der Waals surface area contributed by atoms with E-state index in [0.717, 1.165) is 44.2 Å². The number of rotatable bonds is 7. The Bertz CT molecular complexity index is 1260. The molecule has 0 radical (unpaired) electrons. The molecule has 3 fully saturated rings. The Hall–Kier alpha value is -2.18. The van der Waals surface area contributed by atoms with E-state index < -0.39 is 0 Å². The summed E-state index contributed by atoms with van der Waals surface area (Å²) in [5.74, 6) is 0.959. The third-order valence-corrected chi connectivity index (χ3v) is 10.8. The SMILES string of the molecule is CC(=O)C1(C)CCC(n2ncc(C(=O)N(CC(=O)c3c(Cl)cccc3Cl)C3C[C@@H]4[C@H](C3)C4(C)C)c2C)CC1. The number of aromatic nitrogens is 2. The van der Waals surface area contributed by atoms with Crippen LogP contribution in [0, 0.1) is 29.6 Å². The number of benzene rings is 1. The van der Waals surface area contributed by atoms with E-state index in [4.69, 9.17) is 23.2 Å². The van der Waals surface area contributed by atoms with Crippen LogP contribution in [-0.2, 0) is 4.79 Å². The monoisotopic (exact) mass is 557 g/mol.